The van der Waals surface area contributed by atoms with Crippen molar-refractivity contribution in [2.45, 2.75) is 26.8 Å². The summed E-state index contributed by atoms with van der Waals surface area (Å²) in [6, 6.07) is 7.89. The minimum Gasteiger partial charge on any atom is -0.493 e. The predicted molar refractivity (Wildman–Crippen MR) is 83.6 cm³/mol. The SMILES string of the molecule is CCOc1ccccc1/C=C/C(=O)c1cnn(C(C)C)c1. The van der Waals surface area contributed by atoms with Crippen molar-refractivity contribution in [2.75, 3.05) is 6.61 Å². The van der Waals surface area contributed by atoms with Crippen LogP contribution in [0.5, 0.6) is 5.75 Å². The second-order valence-electron chi connectivity index (χ2n) is 4.97. The van der Waals surface area contributed by atoms with Crippen LogP contribution < -0.4 is 4.74 Å². The minimum absolute atomic E-state index is 0.0619. The van der Waals surface area contributed by atoms with Crippen LogP contribution in [0.1, 0.15) is 42.7 Å². The van der Waals surface area contributed by atoms with Crippen molar-refractivity contribution in [2.24, 2.45) is 0 Å². The lowest BCUT2D eigenvalue weighted by Gasteiger charge is -2.05. The van der Waals surface area contributed by atoms with Gasteiger partial charge in [0.15, 0.2) is 5.78 Å². The van der Waals surface area contributed by atoms with Gasteiger partial charge in [-0.3, -0.25) is 9.48 Å². The first-order chi connectivity index (χ1) is 10.1. The monoisotopic (exact) mass is 284 g/mol. The fraction of sp³-hybridized carbons (Fsp3) is 0.294. The van der Waals surface area contributed by atoms with E-state index in [4.69, 9.17) is 4.74 Å². The van der Waals surface area contributed by atoms with Crippen LogP contribution in [-0.4, -0.2) is 22.2 Å². The number of para-hydroxylation sites is 1. The van der Waals surface area contributed by atoms with Crippen molar-refractivity contribution in [3.63, 3.8) is 0 Å². The second-order valence-corrected chi connectivity index (χ2v) is 4.97. The number of carbonyl (C=O) groups excluding carboxylic acids is 1. The summed E-state index contributed by atoms with van der Waals surface area (Å²) < 4.78 is 7.30. The van der Waals surface area contributed by atoms with Gasteiger partial charge in [-0.25, -0.2) is 0 Å². The highest BCUT2D eigenvalue weighted by atomic mass is 16.5. The Bertz CT molecular complexity index is 642. The first kappa shape index (κ1) is 15.0. The molecule has 1 aromatic heterocycles. The number of ketones is 1. The summed E-state index contributed by atoms with van der Waals surface area (Å²) >= 11 is 0. The van der Waals surface area contributed by atoms with Crippen molar-refractivity contribution in [1.82, 2.24) is 9.78 Å². The van der Waals surface area contributed by atoms with E-state index in [9.17, 15) is 4.79 Å². The zero-order valence-corrected chi connectivity index (χ0v) is 12.6. The van der Waals surface area contributed by atoms with Gasteiger partial charge in [-0.2, -0.15) is 5.10 Å². The molecule has 0 aliphatic rings. The molecule has 0 atom stereocenters. The van der Waals surface area contributed by atoms with E-state index in [-0.39, 0.29) is 11.8 Å². The summed E-state index contributed by atoms with van der Waals surface area (Å²) in [6.45, 7) is 6.58. The number of ether oxygens (including phenoxy) is 1. The Balaban J connectivity index is 2.15. The lowest BCUT2D eigenvalue weighted by molar-refractivity contribution is 0.104. The molecule has 1 heterocycles. The van der Waals surface area contributed by atoms with E-state index in [2.05, 4.69) is 5.10 Å². The van der Waals surface area contributed by atoms with Crippen LogP contribution in [0.2, 0.25) is 0 Å². The van der Waals surface area contributed by atoms with Crippen LogP contribution in [0, 0.1) is 0 Å². The van der Waals surface area contributed by atoms with E-state index in [1.54, 1.807) is 29.2 Å². The number of nitrogens with zero attached hydrogens (tertiary/aromatic N) is 2. The molecule has 0 fully saturated rings. The first-order valence-corrected chi connectivity index (χ1v) is 7.10. The van der Waals surface area contributed by atoms with E-state index in [1.165, 1.54) is 0 Å². The summed E-state index contributed by atoms with van der Waals surface area (Å²) in [5, 5.41) is 4.18. The highest BCUT2D eigenvalue weighted by molar-refractivity contribution is 6.06. The van der Waals surface area contributed by atoms with E-state index < -0.39 is 0 Å². The summed E-state index contributed by atoms with van der Waals surface area (Å²) in [7, 11) is 0. The van der Waals surface area contributed by atoms with Crippen LogP contribution in [0.4, 0.5) is 0 Å². The van der Waals surface area contributed by atoms with Gasteiger partial charge < -0.3 is 4.74 Å². The number of hydrogen-bond acceptors (Lipinski definition) is 3. The van der Waals surface area contributed by atoms with Crippen molar-refractivity contribution in [3.05, 3.63) is 53.9 Å². The Morgan fingerprint density at radius 1 is 1.38 bits per heavy atom. The maximum Gasteiger partial charge on any atom is 0.189 e. The number of carbonyl (C=O) groups is 1. The standard InChI is InChI=1S/C17H20N2O2/c1-4-21-17-8-6-5-7-14(17)9-10-16(20)15-11-18-19(12-15)13(2)3/h5-13H,4H2,1-3H3/b10-9+. The largest absolute Gasteiger partial charge is 0.493 e. The topological polar surface area (TPSA) is 44.1 Å². The molecule has 0 N–H and O–H groups in total. The molecular formula is C17H20N2O2. The van der Waals surface area contributed by atoms with Gasteiger partial charge in [0.2, 0.25) is 0 Å². The van der Waals surface area contributed by atoms with Gasteiger partial charge in [-0.1, -0.05) is 18.2 Å². The zero-order valence-electron chi connectivity index (χ0n) is 12.6. The van der Waals surface area contributed by atoms with Gasteiger partial charge in [0.25, 0.3) is 0 Å². The molecule has 0 spiro atoms. The molecule has 110 valence electrons. The molecule has 0 bridgehead atoms. The summed E-state index contributed by atoms with van der Waals surface area (Å²) in [4.78, 5) is 12.1. The predicted octanol–water partition coefficient (Wildman–Crippen LogP) is 3.76. The third-order valence-corrected chi connectivity index (χ3v) is 3.05. The molecule has 21 heavy (non-hydrogen) atoms. The smallest absolute Gasteiger partial charge is 0.189 e. The Morgan fingerprint density at radius 2 is 2.14 bits per heavy atom. The van der Waals surface area contributed by atoms with E-state index in [0.29, 0.717) is 12.2 Å². The Morgan fingerprint density at radius 3 is 2.81 bits per heavy atom. The van der Waals surface area contributed by atoms with Gasteiger partial charge in [0.05, 0.1) is 18.4 Å². The lowest BCUT2D eigenvalue weighted by atomic mass is 10.1. The molecule has 2 aromatic rings. The lowest BCUT2D eigenvalue weighted by Crippen LogP contribution is -2.00. The van der Waals surface area contributed by atoms with Gasteiger partial charge >= 0.3 is 0 Å². The van der Waals surface area contributed by atoms with Crippen LogP contribution in [0.15, 0.2) is 42.7 Å². The molecular weight excluding hydrogens is 264 g/mol. The van der Waals surface area contributed by atoms with Crippen LogP contribution in [0.3, 0.4) is 0 Å². The molecule has 1 aromatic carbocycles. The molecule has 2 rings (SSSR count). The molecule has 4 nitrogen and oxygen atoms in total. The molecule has 0 radical (unpaired) electrons. The second kappa shape index (κ2) is 6.88. The van der Waals surface area contributed by atoms with Crippen LogP contribution in [0.25, 0.3) is 6.08 Å². The molecule has 0 saturated carbocycles. The quantitative estimate of drug-likeness (QED) is 0.599. The molecule has 0 aliphatic heterocycles. The maximum atomic E-state index is 12.1. The van der Waals surface area contributed by atoms with E-state index in [1.807, 2.05) is 45.0 Å². The normalized spacial score (nSPS) is 11.2. The van der Waals surface area contributed by atoms with Gasteiger partial charge in [0, 0.05) is 17.8 Å². The number of aromatic nitrogens is 2. The number of hydrogen-bond donors (Lipinski definition) is 0. The van der Waals surface area contributed by atoms with Crippen molar-refractivity contribution >= 4 is 11.9 Å². The highest BCUT2D eigenvalue weighted by Crippen LogP contribution is 2.19. The van der Waals surface area contributed by atoms with E-state index >= 15 is 0 Å². The Labute approximate surface area is 125 Å². The molecule has 0 unspecified atom stereocenters. The molecule has 0 aliphatic carbocycles. The van der Waals surface area contributed by atoms with Crippen molar-refractivity contribution in [1.29, 1.82) is 0 Å². The summed E-state index contributed by atoms with van der Waals surface area (Å²) in [6.07, 6.45) is 6.70. The fourth-order valence-corrected chi connectivity index (χ4v) is 1.91. The average Bonchev–Trinajstić information content (AvgIpc) is 2.96. The fourth-order valence-electron chi connectivity index (χ4n) is 1.91. The molecule has 4 heteroatoms. The van der Waals surface area contributed by atoms with Gasteiger partial charge in [-0.15, -0.1) is 0 Å². The Kier molecular flexibility index (Phi) is 4.93. The first-order valence-electron chi connectivity index (χ1n) is 7.10. The summed E-state index contributed by atoms with van der Waals surface area (Å²) in [5.41, 5.74) is 1.48. The number of allylic oxidation sites excluding steroid dienone is 1. The van der Waals surface area contributed by atoms with E-state index in [0.717, 1.165) is 11.3 Å². The number of rotatable bonds is 6. The zero-order chi connectivity index (χ0) is 15.2. The maximum absolute atomic E-state index is 12.1. The van der Waals surface area contributed by atoms with Gasteiger partial charge in [0.1, 0.15) is 5.75 Å². The van der Waals surface area contributed by atoms with Gasteiger partial charge in [-0.05, 0) is 39.0 Å². The molecule has 0 amide bonds. The summed E-state index contributed by atoms with van der Waals surface area (Å²) in [5.74, 6) is 0.718. The third kappa shape index (κ3) is 3.81. The van der Waals surface area contributed by atoms with Crippen molar-refractivity contribution < 1.29 is 9.53 Å². The van der Waals surface area contributed by atoms with Crippen LogP contribution in [-0.2, 0) is 0 Å². The highest BCUT2D eigenvalue weighted by Gasteiger charge is 2.07. The van der Waals surface area contributed by atoms with Crippen LogP contribution >= 0.6 is 0 Å². The average molecular weight is 284 g/mol. The molecule has 0 saturated heterocycles. The number of benzene rings is 1. The minimum atomic E-state index is -0.0619. The Hall–Kier alpha value is -2.36. The van der Waals surface area contributed by atoms with Crippen molar-refractivity contribution in [3.8, 4) is 5.75 Å². The third-order valence-electron chi connectivity index (χ3n) is 3.05.